The number of hydrogen-bond acceptors (Lipinski definition) is 10. The quantitative estimate of drug-likeness (QED) is 0.111. The Bertz CT molecular complexity index is 2180. The number of nitrogens with zero attached hydrogens (tertiary/aromatic N) is 2. The van der Waals surface area contributed by atoms with Crippen molar-refractivity contribution < 1.29 is 45.7 Å². The smallest absolute Gasteiger partial charge is 0.387 e. The molecule has 11 nitrogen and oxygen atoms in total. The average molecular weight is 845 g/mol. The van der Waals surface area contributed by atoms with Crippen LogP contribution in [0.25, 0.3) is 0 Å². The number of hydrogen-bond donors (Lipinski definition) is 1. The number of benzene rings is 3. The summed E-state index contributed by atoms with van der Waals surface area (Å²) >= 11 is 12.9. The van der Waals surface area contributed by atoms with Crippen molar-refractivity contribution in [2.45, 2.75) is 68.8 Å². The van der Waals surface area contributed by atoms with Gasteiger partial charge in [0.2, 0.25) is 10.0 Å². The Balaban J connectivity index is 1.15. The van der Waals surface area contributed by atoms with E-state index in [-0.39, 0.29) is 63.0 Å². The number of carbonyl (C=O) groups excluding carboxylic acids is 2. The zero-order valence-corrected chi connectivity index (χ0v) is 33.2. The maximum Gasteiger partial charge on any atom is 0.387 e. The molecule has 0 amide bonds. The van der Waals surface area contributed by atoms with Gasteiger partial charge in [0.1, 0.15) is 18.2 Å². The molecule has 4 heterocycles. The number of aryl methyl sites for hydroxylation is 1. The zero-order chi connectivity index (χ0) is 40.3. The molecule has 302 valence electrons. The standard InChI is InChI=1S/C41H41Cl2F2N3O8S/c1-24-5-9-27(10-6-24)38(40(50)55-37-22-48-15-13-26(37)14-16-48)47-57(51,52)30-4-2-3-29(17-30)39(49)54-35(19-31-32(42)20-46-21-33(31)43)28-11-12-34(56-41(44)45)36(18-28)53-23-25-7-8-25/h2-6,9-12,17-18,20-21,25-26,35,37-38,41,47H,7-8,13-16,19,22-23H2,1H3/t35-,37-,38?/m0/s1. The number of alkyl halides is 2. The molecule has 4 fully saturated rings. The second kappa shape index (κ2) is 17.7. The fourth-order valence-corrected chi connectivity index (χ4v) is 8.79. The first-order chi connectivity index (χ1) is 27.3. The van der Waals surface area contributed by atoms with Crippen molar-refractivity contribution in [1.82, 2.24) is 14.6 Å². The number of pyridine rings is 1. The molecule has 8 rings (SSSR count). The topological polar surface area (TPSA) is 133 Å². The van der Waals surface area contributed by atoms with Crippen LogP contribution in [0.1, 0.15) is 70.4 Å². The van der Waals surface area contributed by atoms with Crippen LogP contribution >= 0.6 is 23.2 Å². The summed E-state index contributed by atoms with van der Waals surface area (Å²) in [5.74, 6) is -1.31. The molecule has 3 atom stereocenters. The van der Waals surface area contributed by atoms with Crippen LogP contribution in [0.3, 0.4) is 0 Å². The highest BCUT2D eigenvalue weighted by Gasteiger charge is 2.39. The van der Waals surface area contributed by atoms with E-state index in [0.717, 1.165) is 50.4 Å². The predicted molar refractivity (Wildman–Crippen MR) is 207 cm³/mol. The van der Waals surface area contributed by atoms with Crippen LogP contribution < -0.4 is 14.2 Å². The number of ether oxygens (including phenoxy) is 4. The molecule has 1 aromatic heterocycles. The molecule has 1 aliphatic carbocycles. The minimum absolute atomic E-state index is 0.0296. The van der Waals surface area contributed by atoms with Crippen molar-refractivity contribution in [2.24, 2.45) is 11.8 Å². The lowest BCUT2D eigenvalue weighted by atomic mass is 9.86. The molecule has 57 heavy (non-hydrogen) atoms. The predicted octanol–water partition coefficient (Wildman–Crippen LogP) is 7.88. The molecule has 2 bridgehead atoms. The number of rotatable bonds is 16. The molecule has 1 N–H and O–H groups in total. The monoisotopic (exact) mass is 843 g/mol. The minimum Gasteiger partial charge on any atom is -0.489 e. The van der Waals surface area contributed by atoms with Crippen molar-refractivity contribution in [1.29, 1.82) is 0 Å². The molecule has 1 saturated carbocycles. The number of piperidine rings is 3. The number of carbonyl (C=O) groups is 2. The summed E-state index contributed by atoms with van der Waals surface area (Å²) in [5.41, 5.74) is 1.93. The lowest BCUT2D eigenvalue weighted by Gasteiger charge is -2.44. The van der Waals surface area contributed by atoms with Crippen molar-refractivity contribution in [3.05, 3.63) is 117 Å². The van der Waals surface area contributed by atoms with E-state index in [1.165, 1.54) is 48.8 Å². The third-order valence-corrected chi connectivity index (χ3v) is 12.6. The number of nitrogens with one attached hydrogen (secondary N) is 1. The largest absolute Gasteiger partial charge is 0.489 e. The van der Waals surface area contributed by atoms with Crippen molar-refractivity contribution >= 4 is 45.2 Å². The van der Waals surface area contributed by atoms with Crippen LogP contribution in [-0.2, 0) is 30.7 Å². The van der Waals surface area contributed by atoms with Crippen LogP contribution in [-0.4, -0.2) is 69.2 Å². The van der Waals surface area contributed by atoms with Crippen LogP contribution in [0.15, 0.2) is 84.0 Å². The van der Waals surface area contributed by atoms with E-state index < -0.39 is 40.7 Å². The Kier molecular flexibility index (Phi) is 12.6. The van der Waals surface area contributed by atoms with Crippen LogP contribution in [0.5, 0.6) is 11.5 Å². The molecular formula is C41H41Cl2F2N3O8S. The first kappa shape index (κ1) is 40.8. The van der Waals surface area contributed by atoms with Crippen LogP contribution in [0, 0.1) is 18.8 Å². The molecule has 0 radical (unpaired) electrons. The molecule has 16 heteroatoms. The van der Waals surface area contributed by atoms with E-state index in [1.54, 1.807) is 24.3 Å². The van der Waals surface area contributed by atoms with Gasteiger partial charge in [-0.1, -0.05) is 65.2 Å². The molecule has 3 saturated heterocycles. The molecule has 3 aromatic carbocycles. The fraction of sp³-hybridized carbons (Fsp3) is 0.390. The number of esters is 2. The number of halogens is 4. The Labute approximate surface area is 339 Å². The zero-order valence-electron chi connectivity index (χ0n) is 30.9. The highest BCUT2D eigenvalue weighted by Crippen LogP contribution is 2.38. The van der Waals surface area contributed by atoms with Gasteiger partial charge in [-0.15, -0.1) is 0 Å². The summed E-state index contributed by atoms with van der Waals surface area (Å²) < 4.78 is 79.7. The van der Waals surface area contributed by atoms with E-state index in [9.17, 15) is 26.8 Å². The van der Waals surface area contributed by atoms with E-state index in [1.807, 2.05) is 6.92 Å². The van der Waals surface area contributed by atoms with E-state index in [0.29, 0.717) is 23.2 Å². The van der Waals surface area contributed by atoms with Gasteiger partial charge in [0, 0.05) is 25.4 Å². The van der Waals surface area contributed by atoms with Gasteiger partial charge in [0.25, 0.3) is 0 Å². The summed E-state index contributed by atoms with van der Waals surface area (Å²) in [4.78, 5) is 33.6. The Morgan fingerprint density at radius 2 is 1.63 bits per heavy atom. The van der Waals surface area contributed by atoms with Gasteiger partial charge < -0.3 is 18.9 Å². The van der Waals surface area contributed by atoms with E-state index in [2.05, 4.69) is 14.6 Å². The van der Waals surface area contributed by atoms with Crippen molar-refractivity contribution in [2.75, 3.05) is 26.2 Å². The van der Waals surface area contributed by atoms with Crippen molar-refractivity contribution in [3.8, 4) is 11.5 Å². The molecule has 4 aromatic rings. The Morgan fingerprint density at radius 3 is 2.28 bits per heavy atom. The van der Waals surface area contributed by atoms with Gasteiger partial charge in [-0.25, -0.2) is 18.0 Å². The average Bonchev–Trinajstić information content (AvgIpc) is 4.03. The van der Waals surface area contributed by atoms with Gasteiger partial charge in [-0.2, -0.15) is 13.5 Å². The van der Waals surface area contributed by atoms with Gasteiger partial charge in [-0.3, -0.25) is 9.88 Å². The van der Waals surface area contributed by atoms with E-state index in [4.69, 9.17) is 42.1 Å². The summed E-state index contributed by atoms with van der Waals surface area (Å²) in [6, 6.07) is 14.9. The van der Waals surface area contributed by atoms with E-state index >= 15 is 0 Å². The maximum absolute atomic E-state index is 14.0. The Hall–Kier alpha value is -4.34. The molecule has 3 aliphatic heterocycles. The third-order valence-electron chi connectivity index (χ3n) is 10.5. The fourth-order valence-electron chi connectivity index (χ4n) is 7.05. The third kappa shape index (κ3) is 10.2. The summed E-state index contributed by atoms with van der Waals surface area (Å²) in [7, 11) is -4.44. The second-order valence-corrected chi connectivity index (χ2v) is 17.2. The second-order valence-electron chi connectivity index (χ2n) is 14.6. The molecule has 0 spiro atoms. The molecule has 1 unspecified atom stereocenters. The minimum atomic E-state index is -4.44. The molecule has 4 aliphatic rings. The summed E-state index contributed by atoms with van der Waals surface area (Å²) in [5, 5.41) is 0.390. The van der Waals surface area contributed by atoms with Gasteiger partial charge >= 0.3 is 18.6 Å². The SMILES string of the molecule is Cc1ccc(C(NS(=O)(=O)c2cccc(C(=O)O[C@@H](Cc3c(Cl)cncc3Cl)c3ccc(OC(F)F)c(OCC4CC4)c3)c2)C(=O)O[C@H]2CN3CCC2CC3)cc1. The number of aromatic nitrogens is 1. The highest BCUT2D eigenvalue weighted by molar-refractivity contribution is 7.89. The first-order valence-electron chi connectivity index (χ1n) is 18.6. The van der Waals surface area contributed by atoms with Crippen molar-refractivity contribution in [3.63, 3.8) is 0 Å². The van der Waals surface area contributed by atoms with Gasteiger partial charge in [0.05, 0.1) is 27.1 Å². The number of fused-ring (bicyclic) bond motifs is 3. The lowest BCUT2D eigenvalue weighted by molar-refractivity contribution is -0.161. The van der Waals surface area contributed by atoms with Gasteiger partial charge in [-0.05, 0) is 105 Å². The summed E-state index contributed by atoms with van der Waals surface area (Å²) in [6.07, 6.45) is 4.92. The first-order valence-corrected chi connectivity index (χ1v) is 20.9. The summed E-state index contributed by atoms with van der Waals surface area (Å²) in [6.45, 7) is 1.53. The highest BCUT2D eigenvalue weighted by atomic mass is 35.5. The lowest BCUT2D eigenvalue weighted by Crippen LogP contribution is -2.52. The van der Waals surface area contributed by atoms with Gasteiger partial charge in [0.15, 0.2) is 11.5 Å². The Morgan fingerprint density at radius 1 is 0.930 bits per heavy atom. The van der Waals surface area contributed by atoms with Crippen LogP contribution in [0.2, 0.25) is 10.0 Å². The number of sulfonamides is 1. The van der Waals surface area contributed by atoms with Crippen LogP contribution in [0.4, 0.5) is 8.78 Å². The molecular weight excluding hydrogens is 803 g/mol. The normalized spacial score (nSPS) is 20.1. The maximum atomic E-state index is 14.0.